The number of likely N-dealkylation sites (tertiary alicyclic amines) is 1. The molecule has 12 nitrogen and oxygen atoms in total. The second-order valence-corrected chi connectivity index (χ2v) is 13.3. The number of halogens is 1. The van der Waals surface area contributed by atoms with Crippen molar-refractivity contribution in [2.24, 2.45) is 34.5 Å². The van der Waals surface area contributed by atoms with E-state index in [0.717, 1.165) is 32.4 Å². The first-order valence-electron chi connectivity index (χ1n) is 13.7. The van der Waals surface area contributed by atoms with E-state index in [9.17, 15) is 10.2 Å². The summed E-state index contributed by atoms with van der Waals surface area (Å²) in [7, 11) is 4.07. The van der Waals surface area contributed by atoms with Crippen LogP contribution in [-0.2, 0) is 23.7 Å². The van der Waals surface area contributed by atoms with E-state index in [1.54, 1.807) is 28.4 Å². The SMILES string of the molecule is CCN1C[C@]2(COC)CC[C@H](OC)[C@]34C1[C@](O)([C@@H](OC)[C@H]23)[C@@]1(O)C[C@H](OC)[C@H]2C[C@@H]4[C@@H]1[C@H]2OC.[O-][Cl+3]([O-])([O-])O. The number of aliphatic hydroxyl groups is 2. The molecule has 13 heteroatoms. The van der Waals surface area contributed by atoms with Crippen LogP contribution in [0.4, 0.5) is 0 Å². The van der Waals surface area contributed by atoms with Crippen LogP contribution >= 0.6 is 0 Å². The van der Waals surface area contributed by atoms with Gasteiger partial charge in [0.25, 0.3) is 0 Å². The van der Waals surface area contributed by atoms with Gasteiger partial charge in [-0.3, -0.25) is 4.90 Å². The van der Waals surface area contributed by atoms with E-state index >= 15 is 0 Å². The Morgan fingerprint density at radius 3 is 2.18 bits per heavy atom. The van der Waals surface area contributed by atoms with Gasteiger partial charge in [-0.05, 0) is 31.7 Å². The van der Waals surface area contributed by atoms with Crippen molar-refractivity contribution in [3.8, 4) is 0 Å². The van der Waals surface area contributed by atoms with Gasteiger partial charge in [0.05, 0.1) is 52.0 Å². The van der Waals surface area contributed by atoms with E-state index in [4.69, 9.17) is 42.3 Å². The van der Waals surface area contributed by atoms with Gasteiger partial charge in [-0.1, -0.05) is 6.92 Å². The summed E-state index contributed by atoms with van der Waals surface area (Å²) in [5.74, 6) is 0.165. The van der Waals surface area contributed by atoms with Gasteiger partial charge in [-0.15, -0.1) is 0 Å². The van der Waals surface area contributed by atoms with Crippen molar-refractivity contribution in [1.29, 1.82) is 0 Å². The van der Waals surface area contributed by atoms with E-state index in [-0.39, 0.29) is 58.9 Å². The molecule has 1 saturated heterocycles. The minimum Gasteiger partial charge on any atom is -0.386 e. The molecular weight excluding hydrogens is 538 g/mol. The van der Waals surface area contributed by atoms with Crippen LogP contribution in [0.2, 0.25) is 0 Å². The van der Waals surface area contributed by atoms with Crippen LogP contribution in [0.1, 0.15) is 32.6 Å². The van der Waals surface area contributed by atoms with Crippen LogP contribution in [0, 0.1) is 44.7 Å². The molecule has 0 aromatic carbocycles. The summed E-state index contributed by atoms with van der Waals surface area (Å²) in [5, 5.41) is 25.9. The maximum Gasteiger partial charge on any atom is 0.136 e. The molecule has 3 N–H and O–H groups in total. The molecule has 5 saturated carbocycles. The zero-order valence-corrected chi connectivity index (χ0v) is 24.3. The van der Waals surface area contributed by atoms with Crippen molar-refractivity contribution in [2.45, 2.75) is 74.3 Å². The number of methoxy groups -OCH3 is 5. The van der Waals surface area contributed by atoms with Crippen LogP contribution in [0.25, 0.3) is 0 Å². The highest BCUT2D eigenvalue weighted by molar-refractivity contribution is 5.41. The average Bonchev–Trinajstić information content (AvgIpc) is 3.28. The lowest BCUT2D eigenvalue weighted by atomic mass is 9.42. The average molecular weight is 582 g/mol. The number of nitrogens with zero attached hydrogens (tertiary/aromatic N) is 1. The molecule has 0 aromatic rings. The fourth-order valence-corrected chi connectivity index (χ4v) is 11.3. The van der Waals surface area contributed by atoms with Gasteiger partial charge in [-0.25, -0.2) is 0 Å². The summed E-state index contributed by atoms with van der Waals surface area (Å²) < 4.78 is 63.4. The second-order valence-electron chi connectivity index (χ2n) is 12.5. The van der Waals surface area contributed by atoms with Crippen LogP contribution in [0.5, 0.6) is 0 Å². The van der Waals surface area contributed by atoms with Crippen molar-refractivity contribution in [3.05, 3.63) is 0 Å². The molecule has 1 aliphatic heterocycles. The van der Waals surface area contributed by atoms with Gasteiger partial charge in [0.15, 0.2) is 0 Å². The van der Waals surface area contributed by atoms with Gasteiger partial charge in [-0.2, -0.15) is 14.0 Å². The van der Waals surface area contributed by atoms with Gasteiger partial charge in [0.1, 0.15) is 11.2 Å². The fraction of sp³-hybridized carbons (Fsp3) is 1.00. The molecule has 6 fully saturated rings. The van der Waals surface area contributed by atoms with Crippen LogP contribution < -0.4 is 14.0 Å². The Labute approximate surface area is 231 Å². The Hall–Kier alpha value is -0.190. The van der Waals surface area contributed by atoms with Crippen molar-refractivity contribution in [1.82, 2.24) is 4.90 Å². The molecule has 0 amide bonds. The summed E-state index contributed by atoms with van der Waals surface area (Å²) in [5.41, 5.74) is -3.38. The molecule has 39 heavy (non-hydrogen) atoms. The van der Waals surface area contributed by atoms with E-state index < -0.39 is 27.5 Å². The minimum atomic E-state index is -4.69. The van der Waals surface area contributed by atoms with E-state index in [1.165, 1.54) is 0 Å². The lowest BCUT2D eigenvalue weighted by Crippen LogP contribution is -2.82. The Bertz CT molecular complexity index is 919. The third-order valence-electron chi connectivity index (χ3n) is 11.7. The molecule has 13 atom stereocenters. The second kappa shape index (κ2) is 9.94. The molecule has 1 unspecified atom stereocenters. The molecule has 7 bridgehead atoms. The van der Waals surface area contributed by atoms with Crippen LogP contribution in [-0.4, -0.2) is 117 Å². The number of hydrogen-bond donors (Lipinski definition) is 3. The fourth-order valence-electron chi connectivity index (χ4n) is 11.3. The number of piperidine rings is 1. The summed E-state index contributed by atoms with van der Waals surface area (Å²) in [6, 6.07) is -0.256. The molecule has 6 rings (SSSR count). The predicted molar refractivity (Wildman–Crippen MR) is 126 cm³/mol. The lowest BCUT2D eigenvalue weighted by molar-refractivity contribution is -1.92. The van der Waals surface area contributed by atoms with Crippen LogP contribution in [0.3, 0.4) is 0 Å². The number of fused-ring (bicyclic) bond motifs is 2. The number of rotatable bonds is 7. The molecular formula is C26H44ClNO11. The number of ether oxygens (including phenoxy) is 5. The summed E-state index contributed by atoms with van der Waals surface area (Å²) in [4.78, 5) is 2.43. The predicted octanol–water partition coefficient (Wildman–Crippen LogP) is -3.20. The zero-order chi connectivity index (χ0) is 28.8. The van der Waals surface area contributed by atoms with E-state index in [1.807, 2.05) is 7.11 Å². The zero-order valence-electron chi connectivity index (χ0n) is 23.6. The van der Waals surface area contributed by atoms with Crippen LogP contribution in [0.15, 0.2) is 0 Å². The van der Waals surface area contributed by atoms with Gasteiger partial charge < -0.3 is 33.9 Å². The van der Waals surface area contributed by atoms with Gasteiger partial charge >= 0.3 is 0 Å². The number of hydrogen-bond acceptors (Lipinski definition) is 12. The first-order valence-corrected chi connectivity index (χ1v) is 15.0. The van der Waals surface area contributed by atoms with Gasteiger partial charge in [0.2, 0.25) is 0 Å². The van der Waals surface area contributed by atoms with Crippen molar-refractivity contribution in [2.75, 3.05) is 55.2 Å². The Morgan fingerprint density at radius 1 is 1.00 bits per heavy atom. The molecule has 0 radical (unpaired) electrons. The standard InChI is InChI=1S/C26H43NO7.ClHO4/c1-7-27-12-23(13-30-2)9-8-17(32-4)25-15-10-14-16(31-3)11-24(28,18(15)19(14)33-5)26(29,22(25)27)21(34-6)20(23)25;2-1(3,4)5/h14-22,28-29H,7-13H2,1-6H3;(H,2,3,4,5)/t14-,15-,16+,17+,18-,19+,20-,21+,22?,23+,24-,25+,26-;/m1./s1. The molecule has 1 heterocycles. The van der Waals surface area contributed by atoms with Crippen molar-refractivity contribution in [3.63, 3.8) is 0 Å². The molecule has 1 spiro atoms. The summed E-state index contributed by atoms with van der Waals surface area (Å²) >= 11 is 0. The van der Waals surface area contributed by atoms with Crippen molar-refractivity contribution < 1.29 is 62.8 Å². The maximum absolute atomic E-state index is 13.1. The number of likely N-dealkylation sites (N-methyl/N-ethyl adjacent to an activating group) is 1. The highest BCUT2D eigenvalue weighted by atomic mass is 35.7. The Balaban J connectivity index is 0.000000567. The Morgan fingerprint density at radius 2 is 1.67 bits per heavy atom. The van der Waals surface area contributed by atoms with Gasteiger partial charge in [0, 0.05) is 77.1 Å². The Kier molecular flexibility index (Phi) is 7.71. The van der Waals surface area contributed by atoms with E-state index in [2.05, 4.69) is 11.8 Å². The topological polar surface area (TPSA) is 179 Å². The molecule has 0 aromatic heterocycles. The molecule has 226 valence electrons. The maximum atomic E-state index is 13.1. The normalized spacial score (nSPS) is 53.4. The minimum absolute atomic E-state index is 0.0262. The first-order chi connectivity index (χ1) is 18.3. The summed E-state index contributed by atoms with van der Waals surface area (Å²) in [6.45, 7) is 4.41. The highest BCUT2D eigenvalue weighted by Crippen LogP contribution is 2.80. The third-order valence-corrected chi connectivity index (χ3v) is 11.7. The lowest BCUT2D eigenvalue weighted by Gasteiger charge is -2.70. The summed E-state index contributed by atoms with van der Waals surface area (Å²) in [6.07, 6.45) is 2.30. The molecule has 6 aliphatic rings. The quantitative estimate of drug-likeness (QED) is 0.274. The largest absolute Gasteiger partial charge is 0.386 e. The monoisotopic (exact) mass is 581 g/mol. The third kappa shape index (κ3) is 3.68. The van der Waals surface area contributed by atoms with E-state index in [0.29, 0.717) is 13.0 Å². The molecule has 5 aliphatic carbocycles. The highest BCUT2D eigenvalue weighted by Gasteiger charge is 2.91. The first kappa shape index (κ1) is 30.3. The van der Waals surface area contributed by atoms with Crippen molar-refractivity contribution >= 4 is 0 Å². The smallest absolute Gasteiger partial charge is 0.136 e.